The third-order valence-electron chi connectivity index (χ3n) is 2.60. The zero-order valence-electron chi connectivity index (χ0n) is 13.2. The van der Waals surface area contributed by atoms with Crippen LogP contribution in [0.2, 0.25) is 0 Å². The molecule has 0 aliphatic rings. The van der Waals surface area contributed by atoms with Gasteiger partial charge in [0.25, 0.3) is 0 Å². The predicted molar refractivity (Wildman–Crippen MR) is 79.7 cm³/mol. The lowest BCUT2D eigenvalue weighted by Gasteiger charge is -2.20. The highest BCUT2D eigenvalue weighted by Gasteiger charge is 2.32. The second-order valence-electron chi connectivity index (χ2n) is 4.87. The average molecular weight is 372 g/mol. The van der Waals surface area contributed by atoms with Gasteiger partial charge in [0.05, 0.1) is 12.7 Å². The SMILES string of the molecule is CCOP(=O)(COS(=O)(=O)c1c(F)ccc(F)c1C)OC(C)C. The summed E-state index contributed by atoms with van der Waals surface area (Å²) in [6, 6.07) is 1.47. The van der Waals surface area contributed by atoms with Gasteiger partial charge in [-0.1, -0.05) is 0 Å². The van der Waals surface area contributed by atoms with Crippen molar-refractivity contribution in [2.45, 2.75) is 38.7 Å². The van der Waals surface area contributed by atoms with E-state index in [1.54, 1.807) is 20.8 Å². The Bertz CT molecular complexity index is 705. The van der Waals surface area contributed by atoms with Gasteiger partial charge in [-0.15, -0.1) is 0 Å². The molecule has 1 atom stereocenters. The molecule has 0 spiro atoms. The molecule has 0 aliphatic heterocycles. The first-order valence-electron chi connectivity index (χ1n) is 6.78. The maximum absolute atomic E-state index is 13.7. The molecule has 23 heavy (non-hydrogen) atoms. The number of rotatable bonds is 8. The van der Waals surface area contributed by atoms with Crippen LogP contribution in [-0.2, 0) is 27.9 Å². The van der Waals surface area contributed by atoms with Gasteiger partial charge in [-0.25, -0.2) is 8.78 Å². The summed E-state index contributed by atoms with van der Waals surface area (Å²) < 4.78 is 78.4. The van der Waals surface area contributed by atoms with Crippen molar-refractivity contribution in [2.24, 2.45) is 0 Å². The first-order chi connectivity index (χ1) is 10.5. The van der Waals surface area contributed by atoms with Crippen LogP contribution in [-0.4, -0.2) is 27.5 Å². The van der Waals surface area contributed by atoms with Crippen LogP contribution in [0, 0.1) is 18.6 Å². The largest absolute Gasteiger partial charge is 0.357 e. The van der Waals surface area contributed by atoms with E-state index >= 15 is 0 Å². The molecule has 132 valence electrons. The van der Waals surface area contributed by atoms with Gasteiger partial charge in [0.2, 0.25) is 0 Å². The quantitative estimate of drug-likeness (QED) is 0.513. The maximum atomic E-state index is 13.7. The molecule has 1 rings (SSSR count). The molecule has 0 saturated carbocycles. The van der Waals surface area contributed by atoms with Crippen molar-refractivity contribution in [3.05, 3.63) is 29.3 Å². The molecule has 0 aromatic heterocycles. The fourth-order valence-corrected chi connectivity index (χ4v) is 4.95. The molecule has 1 aromatic carbocycles. The normalized spacial score (nSPS) is 14.9. The average Bonchev–Trinajstić information content (AvgIpc) is 2.41. The summed E-state index contributed by atoms with van der Waals surface area (Å²) in [6.45, 7) is 5.80. The lowest BCUT2D eigenvalue weighted by atomic mass is 10.2. The zero-order chi connectivity index (χ0) is 17.8. The van der Waals surface area contributed by atoms with E-state index in [9.17, 15) is 21.8 Å². The van der Waals surface area contributed by atoms with Gasteiger partial charge < -0.3 is 9.05 Å². The molecule has 10 heteroatoms. The Morgan fingerprint density at radius 3 is 2.30 bits per heavy atom. The van der Waals surface area contributed by atoms with Crippen LogP contribution in [0.5, 0.6) is 0 Å². The van der Waals surface area contributed by atoms with Crippen molar-refractivity contribution in [2.75, 3.05) is 13.0 Å². The molecule has 1 aromatic rings. The first-order valence-corrected chi connectivity index (χ1v) is 9.92. The fourth-order valence-electron chi connectivity index (χ4n) is 1.75. The Labute approximate surface area is 134 Å². The van der Waals surface area contributed by atoms with Crippen LogP contribution in [0.15, 0.2) is 17.0 Å². The Morgan fingerprint density at radius 2 is 1.78 bits per heavy atom. The van der Waals surface area contributed by atoms with Gasteiger partial charge in [0.1, 0.15) is 16.5 Å². The topological polar surface area (TPSA) is 78.9 Å². The summed E-state index contributed by atoms with van der Waals surface area (Å²) >= 11 is 0. The second-order valence-corrected chi connectivity index (χ2v) is 8.37. The van der Waals surface area contributed by atoms with Gasteiger partial charge in [-0.2, -0.15) is 8.42 Å². The van der Waals surface area contributed by atoms with E-state index in [4.69, 9.17) is 9.05 Å². The number of benzene rings is 1. The highest BCUT2D eigenvalue weighted by Crippen LogP contribution is 2.49. The summed E-state index contributed by atoms with van der Waals surface area (Å²) in [5.41, 5.74) is -0.430. The molecule has 0 fully saturated rings. The molecular formula is C13H19F2O6PS. The second kappa shape index (κ2) is 7.81. The van der Waals surface area contributed by atoms with Gasteiger partial charge in [-0.3, -0.25) is 8.75 Å². The molecule has 0 radical (unpaired) electrons. The Hall–Kier alpha value is -0.860. The van der Waals surface area contributed by atoms with E-state index < -0.39 is 52.3 Å². The monoisotopic (exact) mass is 372 g/mol. The van der Waals surface area contributed by atoms with Gasteiger partial charge >= 0.3 is 17.7 Å². The standard InChI is InChI=1S/C13H19F2O6PS/c1-5-19-22(16,21-9(2)3)8-20-23(17,18)13-10(4)11(14)6-7-12(13)15/h6-7,9H,5,8H2,1-4H3. The molecule has 1 unspecified atom stereocenters. The van der Waals surface area contributed by atoms with Crippen molar-refractivity contribution in [3.8, 4) is 0 Å². The summed E-state index contributed by atoms with van der Waals surface area (Å²) in [5, 5.41) is 0. The molecule has 0 saturated heterocycles. The smallest absolute Gasteiger partial charge is 0.307 e. The molecule has 0 bridgehead atoms. The Balaban J connectivity index is 3.08. The van der Waals surface area contributed by atoms with Crippen molar-refractivity contribution in [1.29, 1.82) is 0 Å². The fraction of sp³-hybridized carbons (Fsp3) is 0.538. The number of hydrogen-bond donors (Lipinski definition) is 0. The first kappa shape index (κ1) is 20.2. The van der Waals surface area contributed by atoms with E-state index in [1.165, 1.54) is 0 Å². The van der Waals surface area contributed by atoms with Crippen LogP contribution in [0.3, 0.4) is 0 Å². The lowest BCUT2D eigenvalue weighted by molar-refractivity contribution is 0.157. The molecule has 0 aliphatic carbocycles. The van der Waals surface area contributed by atoms with E-state index in [-0.39, 0.29) is 6.61 Å². The number of halogens is 2. The Morgan fingerprint density at radius 1 is 1.22 bits per heavy atom. The minimum atomic E-state index is -4.68. The van der Waals surface area contributed by atoms with Crippen LogP contribution >= 0.6 is 7.60 Å². The van der Waals surface area contributed by atoms with Gasteiger partial charge in [0.15, 0.2) is 6.35 Å². The highest BCUT2D eigenvalue weighted by atomic mass is 32.2. The third-order valence-corrected chi connectivity index (χ3v) is 6.05. The van der Waals surface area contributed by atoms with E-state index in [2.05, 4.69) is 4.18 Å². The molecule has 0 heterocycles. The Kier molecular flexibility index (Phi) is 6.85. The summed E-state index contributed by atoms with van der Waals surface area (Å²) in [6.07, 6.45) is -1.44. The van der Waals surface area contributed by atoms with Crippen molar-refractivity contribution in [1.82, 2.24) is 0 Å². The molecule has 0 N–H and O–H groups in total. The predicted octanol–water partition coefficient (Wildman–Crippen LogP) is 3.59. The van der Waals surface area contributed by atoms with Gasteiger partial charge in [0, 0.05) is 5.56 Å². The summed E-state index contributed by atoms with van der Waals surface area (Å²) in [4.78, 5) is -0.940. The minimum absolute atomic E-state index is 0.000753. The highest BCUT2D eigenvalue weighted by molar-refractivity contribution is 7.87. The van der Waals surface area contributed by atoms with Gasteiger partial charge in [-0.05, 0) is 39.8 Å². The van der Waals surface area contributed by atoms with Crippen LogP contribution in [0.1, 0.15) is 26.3 Å². The zero-order valence-corrected chi connectivity index (χ0v) is 14.9. The van der Waals surface area contributed by atoms with E-state index in [1.807, 2.05) is 0 Å². The third kappa shape index (κ3) is 5.32. The van der Waals surface area contributed by atoms with Crippen molar-refractivity contribution < 1.29 is 35.0 Å². The lowest BCUT2D eigenvalue weighted by Crippen LogP contribution is -2.15. The molecule has 0 amide bonds. The summed E-state index contributed by atoms with van der Waals surface area (Å²) in [7, 11) is -8.53. The van der Waals surface area contributed by atoms with Crippen molar-refractivity contribution in [3.63, 3.8) is 0 Å². The summed E-state index contributed by atoms with van der Waals surface area (Å²) in [5.74, 6) is -2.07. The van der Waals surface area contributed by atoms with Crippen LogP contribution < -0.4 is 0 Å². The maximum Gasteiger partial charge on any atom is 0.357 e. The van der Waals surface area contributed by atoms with Crippen molar-refractivity contribution >= 4 is 17.7 Å². The molecular weight excluding hydrogens is 353 g/mol. The number of hydrogen-bond acceptors (Lipinski definition) is 6. The minimum Gasteiger partial charge on any atom is -0.307 e. The van der Waals surface area contributed by atoms with E-state index in [0.717, 1.165) is 13.0 Å². The van der Waals surface area contributed by atoms with Crippen LogP contribution in [0.4, 0.5) is 8.78 Å². The van der Waals surface area contributed by atoms with E-state index in [0.29, 0.717) is 6.07 Å². The molecule has 6 nitrogen and oxygen atoms in total. The van der Waals surface area contributed by atoms with Crippen LogP contribution in [0.25, 0.3) is 0 Å².